The van der Waals surface area contributed by atoms with Crippen LogP contribution in [-0.4, -0.2) is 14.5 Å². The third kappa shape index (κ3) is 2.21. The molecule has 0 spiro atoms. The van der Waals surface area contributed by atoms with E-state index in [-0.39, 0.29) is 0 Å². The zero-order valence-electron chi connectivity index (χ0n) is 8.10. The molecule has 0 atom stereocenters. The molecule has 1 aromatic heterocycles. The Morgan fingerprint density at radius 1 is 1.38 bits per heavy atom. The standard InChI is InChI=1S/C9H8Cl2N4S/c10-7-2-1-6(8(11)3-7)4-14-5-13-15(12)9(14)16/h1-3,5H,4,12H2. The molecule has 1 heterocycles. The molecule has 16 heavy (non-hydrogen) atoms. The number of nitrogens with zero attached hydrogens (tertiary/aromatic N) is 3. The topological polar surface area (TPSA) is 48.8 Å². The number of nitrogen functional groups attached to an aromatic ring is 1. The normalized spacial score (nSPS) is 10.6. The van der Waals surface area contributed by atoms with E-state index in [1.165, 1.54) is 0 Å². The van der Waals surface area contributed by atoms with E-state index in [9.17, 15) is 0 Å². The van der Waals surface area contributed by atoms with Crippen LogP contribution in [0.15, 0.2) is 24.5 Å². The third-order valence-corrected chi connectivity index (χ3v) is 3.12. The van der Waals surface area contributed by atoms with Gasteiger partial charge in [0.15, 0.2) is 0 Å². The van der Waals surface area contributed by atoms with Crippen LogP contribution in [0.2, 0.25) is 10.0 Å². The Morgan fingerprint density at radius 2 is 2.12 bits per heavy atom. The van der Waals surface area contributed by atoms with Gasteiger partial charge in [-0.1, -0.05) is 29.3 Å². The number of nitrogens with two attached hydrogens (primary N) is 1. The number of hydrogen-bond donors (Lipinski definition) is 1. The van der Waals surface area contributed by atoms with E-state index in [1.807, 2.05) is 6.07 Å². The van der Waals surface area contributed by atoms with E-state index < -0.39 is 0 Å². The summed E-state index contributed by atoms with van der Waals surface area (Å²) in [7, 11) is 0. The van der Waals surface area contributed by atoms with Gasteiger partial charge in [-0.15, -0.1) is 5.10 Å². The van der Waals surface area contributed by atoms with Crippen LogP contribution in [0.25, 0.3) is 0 Å². The van der Waals surface area contributed by atoms with Crippen LogP contribution in [0.3, 0.4) is 0 Å². The zero-order valence-corrected chi connectivity index (χ0v) is 10.4. The molecule has 1 aromatic carbocycles. The van der Waals surface area contributed by atoms with Crippen molar-refractivity contribution in [2.45, 2.75) is 6.54 Å². The van der Waals surface area contributed by atoms with Crippen LogP contribution in [0.4, 0.5) is 0 Å². The van der Waals surface area contributed by atoms with Crippen molar-refractivity contribution in [3.8, 4) is 0 Å². The number of rotatable bonds is 2. The highest BCUT2D eigenvalue weighted by atomic mass is 35.5. The molecule has 0 radical (unpaired) electrons. The minimum absolute atomic E-state index is 0.436. The molecule has 0 amide bonds. The molecule has 2 N–H and O–H groups in total. The molecule has 0 aliphatic rings. The van der Waals surface area contributed by atoms with Gasteiger partial charge in [0.25, 0.3) is 0 Å². The van der Waals surface area contributed by atoms with Crippen LogP contribution < -0.4 is 5.84 Å². The lowest BCUT2D eigenvalue weighted by atomic mass is 10.2. The second-order valence-electron chi connectivity index (χ2n) is 3.22. The molecule has 0 aliphatic heterocycles. The van der Waals surface area contributed by atoms with Gasteiger partial charge in [0, 0.05) is 10.0 Å². The van der Waals surface area contributed by atoms with Gasteiger partial charge in [0.1, 0.15) is 6.33 Å². The highest BCUT2D eigenvalue weighted by molar-refractivity contribution is 7.71. The predicted molar refractivity (Wildman–Crippen MR) is 66.8 cm³/mol. The Morgan fingerprint density at radius 3 is 2.69 bits per heavy atom. The average molecular weight is 275 g/mol. The summed E-state index contributed by atoms with van der Waals surface area (Å²) in [4.78, 5) is 1.14. The van der Waals surface area contributed by atoms with Crippen molar-refractivity contribution < 1.29 is 0 Å². The van der Waals surface area contributed by atoms with E-state index in [2.05, 4.69) is 5.10 Å². The zero-order chi connectivity index (χ0) is 11.7. The number of benzene rings is 1. The maximum absolute atomic E-state index is 6.05. The first-order valence-electron chi connectivity index (χ1n) is 4.41. The first kappa shape index (κ1) is 11.4. The minimum atomic E-state index is 0.436. The van der Waals surface area contributed by atoms with E-state index >= 15 is 0 Å². The van der Waals surface area contributed by atoms with Gasteiger partial charge in [0.2, 0.25) is 4.77 Å². The fourth-order valence-corrected chi connectivity index (χ4v) is 1.92. The Balaban J connectivity index is 2.34. The maximum atomic E-state index is 6.05. The Bertz CT molecular complexity index is 575. The molecule has 0 unspecified atom stereocenters. The van der Waals surface area contributed by atoms with E-state index in [0.717, 1.165) is 10.4 Å². The summed E-state index contributed by atoms with van der Waals surface area (Å²) >= 11 is 16.9. The second kappa shape index (κ2) is 4.45. The highest BCUT2D eigenvalue weighted by Gasteiger charge is 2.04. The summed E-state index contributed by atoms with van der Waals surface area (Å²) in [5.41, 5.74) is 0.912. The summed E-state index contributed by atoms with van der Waals surface area (Å²) < 4.78 is 2.16. The molecule has 7 heteroatoms. The van der Waals surface area contributed by atoms with Crippen LogP contribution >= 0.6 is 35.4 Å². The van der Waals surface area contributed by atoms with Crippen molar-refractivity contribution in [1.82, 2.24) is 14.5 Å². The lowest BCUT2D eigenvalue weighted by Gasteiger charge is -2.04. The SMILES string of the molecule is Nn1ncn(Cc2ccc(Cl)cc2Cl)c1=S. The van der Waals surface area contributed by atoms with Gasteiger partial charge < -0.3 is 10.4 Å². The molecule has 0 aliphatic carbocycles. The third-order valence-electron chi connectivity index (χ3n) is 2.11. The Hall–Kier alpha value is -1.04. The number of hydrogen-bond acceptors (Lipinski definition) is 3. The van der Waals surface area contributed by atoms with Gasteiger partial charge >= 0.3 is 0 Å². The smallest absolute Gasteiger partial charge is 0.219 e. The molecular weight excluding hydrogens is 267 g/mol. The van der Waals surface area contributed by atoms with Gasteiger partial charge in [-0.2, -0.15) is 4.79 Å². The summed E-state index contributed by atoms with van der Waals surface area (Å²) in [6.07, 6.45) is 1.56. The minimum Gasteiger partial charge on any atom is -0.320 e. The summed E-state index contributed by atoms with van der Waals surface area (Å²) in [6, 6.07) is 5.31. The Labute approximate surface area is 107 Å². The van der Waals surface area contributed by atoms with Gasteiger partial charge in [-0.3, -0.25) is 0 Å². The maximum Gasteiger partial charge on any atom is 0.219 e. The van der Waals surface area contributed by atoms with Crippen molar-refractivity contribution in [2.24, 2.45) is 0 Å². The first-order chi connectivity index (χ1) is 7.58. The fourth-order valence-electron chi connectivity index (χ4n) is 1.29. The van der Waals surface area contributed by atoms with Crippen LogP contribution in [0, 0.1) is 4.77 Å². The number of halogens is 2. The van der Waals surface area contributed by atoms with Gasteiger partial charge in [0.05, 0.1) is 6.54 Å². The van der Waals surface area contributed by atoms with Gasteiger partial charge in [-0.25, -0.2) is 0 Å². The van der Waals surface area contributed by atoms with Gasteiger partial charge in [-0.05, 0) is 29.9 Å². The first-order valence-corrected chi connectivity index (χ1v) is 5.58. The van der Waals surface area contributed by atoms with E-state index in [1.54, 1.807) is 23.0 Å². The van der Waals surface area contributed by atoms with E-state index in [0.29, 0.717) is 21.4 Å². The van der Waals surface area contributed by atoms with Crippen molar-refractivity contribution in [3.63, 3.8) is 0 Å². The average Bonchev–Trinajstić information content (AvgIpc) is 2.54. The largest absolute Gasteiger partial charge is 0.320 e. The molecule has 84 valence electrons. The highest BCUT2D eigenvalue weighted by Crippen LogP contribution is 2.21. The number of aromatic nitrogens is 3. The summed E-state index contributed by atoms with van der Waals surface area (Å²) in [5, 5.41) is 5.04. The van der Waals surface area contributed by atoms with Crippen LogP contribution in [-0.2, 0) is 6.54 Å². The van der Waals surface area contributed by atoms with Crippen LogP contribution in [0.5, 0.6) is 0 Å². The molecule has 0 bridgehead atoms. The molecule has 4 nitrogen and oxygen atoms in total. The van der Waals surface area contributed by atoms with Crippen LogP contribution in [0.1, 0.15) is 5.56 Å². The summed E-state index contributed by atoms with van der Waals surface area (Å²) in [6.45, 7) is 0.520. The molecule has 2 aromatic rings. The molecule has 0 fully saturated rings. The Kier molecular flexibility index (Phi) is 3.18. The molecule has 0 saturated heterocycles. The van der Waals surface area contributed by atoms with Crippen molar-refractivity contribution in [1.29, 1.82) is 0 Å². The quantitative estimate of drug-likeness (QED) is 0.676. The monoisotopic (exact) mass is 274 g/mol. The predicted octanol–water partition coefficient (Wildman–Crippen LogP) is 2.48. The second-order valence-corrected chi connectivity index (χ2v) is 4.43. The van der Waals surface area contributed by atoms with Crippen molar-refractivity contribution >= 4 is 35.4 Å². The molecule has 0 saturated carbocycles. The molecular formula is C9H8Cl2N4S. The molecule has 2 rings (SSSR count). The lowest BCUT2D eigenvalue weighted by molar-refractivity contribution is 0.754. The van der Waals surface area contributed by atoms with Crippen molar-refractivity contribution in [3.05, 3.63) is 44.9 Å². The van der Waals surface area contributed by atoms with Crippen molar-refractivity contribution in [2.75, 3.05) is 5.84 Å². The fraction of sp³-hybridized carbons (Fsp3) is 0.111. The van der Waals surface area contributed by atoms with E-state index in [4.69, 9.17) is 41.3 Å². The summed E-state index contributed by atoms with van der Waals surface area (Å²) in [5.74, 6) is 5.48. The lowest BCUT2D eigenvalue weighted by Crippen LogP contribution is -2.11.